The summed E-state index contributed by atoms with van der Waals surface area (Å²) in [5, 5.41) is 4.57. The fraction of sp³-hybridized carbons (Fsp3) is 0.176. The zero-order valence-corrected chi connectivity index (χ0v) is 12.4. The van der Waals surface area contributed by atoms with Gasteiger partial charge in [-0.15, -0.1) is 0 Å². The molecule has 2 nitrogen and oxygen atoms in total. The highest BCUT2D eigenvalue weighted by Gasteiger charge is 2.12. The predicted octanol–water partition coefficient (Wildman–Crippen LogP) is 5.00. The van der Waals surface area contributed by atoms with Crippen molar-refractivity contribution < 1.29 is 8.81 Å². The minimum atomic E-state index is -0.291. The second-order valence-electron chi connectivity index (χ2n) is 4.86. The lowest BCUT2D eigenvalue weighted by Gasteiger charge is -2.05. The zero-order chi connectivity index (χ0) is 14.8. The summed E-state index contributed by atoms with van der Waals surface area (Å²) in [6.45, 7) is 3.52. The fourth-order valence-corrected chi connectivity index (χ4v) is 2.52. The molecule has 0 amide bonds. The Bertz CT molecular complexity index is 782. The Morgan fingerprint density at radius 3 is 2.76 bits per heavy atom. The second kappa shape index (κ2) is 5.88. The highest BCUT2D eigenvalue weighted by molar-refractivity contribution is 6.34. The molecule has 3 aromatic rings. The summed E-state index contributed by atoms with van der Waals surface area (Å²) in [5.41, 5.74) is 1.94. The van der Waals surface area contributed by atoms with E-state index in [1.165, 1.54) is 6.07 Å². The summed E-state index contributed by atoms with van der Waals surface area (Å²) < 4.78 is 20.0. The summed E-state index contributed by atoms with van der Waals surface area (Å²) >= 11 is 6.08. The van der Waals surface area contributed by atoms with Gasteiger partial charge in [0.2, 0.25) is 0 Å². The van der Waals surface area contributed by atoms with Gasteiger partial charge in [-0.1, -0.05) is 36.7 Å². The number of furan rings is 1. The van der Waals surface area contributed by atoms with E-state index in [0.717, 1.165) is 17.5 Å². The molecule has 2 aromatic carbocycles. The van der Waals surface area contributed by atoms with Crippen molar-refractivity contribution in [1.82, 2.24) is 5.32 Å². The largest absolute Gasteiger partial charge is 0.454 e. The third-order valence-electron chi connectivity index (χ3n) is 3.37. The van der Waals surface area contributed by atoms with E-state index in [0.29, 0.717) is 28.5 Å². The standard InChI is InChI=1S/C17H15ClFNO/c1-2-20-10-11-6-7-13(15(19)8-11)16-9-12-4-3-5-14(18)17(12)21-16/h3-9,20H,2,10H2,1H3. The number of rotatable bonds is 4. The maximum absolute atomic E-state index is 14.3. The van der Waals surface area contributed by atoms with Crippen LogP contribution in [0.15, 0.2) is 46.9 Å². The van der Waals surface area contributed by atoms with Crippen LogP contribution in [-0.4, -0.2) is 6.54 Å². The van der Waals surface area contributed by atoms with Crippen molar-refractivity contribution in [2.24, 2.45) is 0 Å². The number of nitrogens with one attached hydrogen (secondary N) is 1. The molecule has 0 bridgehead atoms. The van der Waals surface area contributed by atoms with Crippen molar-refractivity contribution in [2.45, 2.75) is 13.5 Å². The third-order valence-corrected chi connectivity index (χ3v) is 3.67. The van der Waals surface area contributed by atoms with Crippen LogP contribution in [0.3, 0.4) is 0 Å². The van der Waals surface area contributed by atoms with Crippen LogP contribution in [0.1, 0.15) is 12.5 Å². The number of halogens is 2. The average molecular weight is 304 g/mol. The molecule has 0 aliphatic carbocycles. The van der Waals surface area contributed by atoms with Crippen molar-refractivity contribution in [3.8, 4) is 11.3 Å². The van der Waals surface area contributed by atoms with Gasteiger partial charge in [-0.25, -0.2) is 4.39 Å². The Balaban J connectivity index is 2.00. The van der Waals surface area contributed by atoms with E-state index in [1.54, 1.807) is 12.1 Å². The lowest BCUT2D eigenvalue weighted by Crippen LogP contribution is -2.11. The molecule has 0 unspecified atom stereocenters. The summed E-state index contributed by atoms with van der Waals surface area (Å²) in [7, 11) is 0. The Kier molecular flexibility index (Phi) is 3.95. The van der Waals surface area contributed by atoms with Gasteiger partial charge in [-0.05, 0) is 36.4 Å². The molecule has 108 valence electrons. The van der Waals surface area contributed by atoms with E-state index < -0.39 is 0 Å². The van der Waals surface area contributed by atoms with Crippen LogP contribution in [0.25, 0.3) is 22.3 Å². The molecule has 0 aliphatic heterocycles. The number of fused-ring (bicyclic) bond motifs is 1. The van der Waals surface area contributed by atoms with Crippen molar-refractivity contribution in [3.05, 3.63) is 58.9 Å². The molecule has 0 atom stereocenters. The molecule has 1 N–H and O–H groups in total. The molecule has 0 saturated carbocycles. The summed E-state index contributed by atoms with van der Waals surface area (Å²) in [6, 6.07) is 12.5. The van der Waals surface area contributed by atoms with Crippen LogP contribution >= 0.6 is 11.6 Å². The first kappa shape index (κ1) is 14.1. The highest BCUT2D eigenvalue weighted by atomic mass is 35.5. The van der Waals surface area contributed by atoms with Crippen LogP contribution in [-0.2, 0) is 6.54 Å². The van der Waals surface area contributed by atoms with Crippen molar-refractivity contribution in [2.75, 3.05) is 6.54 Å². The second-order valence-corrected chi connectivity index (χ2v) is 5.27. The Labute approximate surface area is 127 Å². The monoisotopic (exact) mass is 303 g/mol. The molecule has 21 heavy (non-hydrogen) atoms. The van der Waals surface area contributed by atoms with Gasteiger partial charge < -0.3 is 9.73 Å². The number of benzene rings is 2. The minimum absolute atomic E-state index is 0.291. The molecular weight excluding hydrogens is 289 g/mol. The number of hydrogen-bond donors (Lipinski definition) is 1. The van der Waals surface area contributed by atoms with Gasteiger partial charge >= 0.3 is 0 Å². The smallest absolute Gasteiger partial charge is 0.153 e. The highest BCUT2D eigenvalue weighted by Crippen LogP contribution is 2.33. The number of para-hydroxylation sites is 1. The first-order chi connectivity index (χ1) is 10.2. The topological polar surface area (TPSA) is 25.2 Å². The van der Waals surface area contributed by atoms with Gasteiger partial charge in [0.25, 0.3) is 0 Å². The van der Waals surface area contributed by atoms with E-state index in [-0.39, 0.29) is 5.82 Å². The fourth-order valence-electron chi connectivity index (χ4n) is 2.30. The van der Waals surface area contributed by atoms with Gasteiger partial charge in [-0.2, -0.15) is 0 Å². The van der Waals surface area contributed by atoms with Gasteiger partial charge in [0, 0.05) is 11.9 Å². The first-order valence-electron chi connectivity index (χ1n) is 6.86. The molecule has 3 rings (SSSR count). The van der Waals surface area contributed by atoms with Crippen LogP contribution in [0.2, 0.25) is 5.02 Å². The Morgan fingerprint density at radius 1 is 1.19 bits per heavy atom. The molecule has 1 aromatic heterocycles. The molecule has 0 spiro atoms. The van der Waals surface area contributed by atoms with Crippen LogP contribution < -0.4 is 5.32 Å². The molecular formula is C17H15ClFNO. The van der Waals surface area contributed by atoms with Crippen LogP contribution in [0.4, 0.5) is 4.39 Å². The minimum Gasteiger partial charge on any atom is -0.454 e. The van der Waals surface area contributed by atoms with Gasteiger partial charge in [0.15, 0.2) is 5.58 Å². The molecule has 0 fully saturated rings. The van der Waals surface area contributed by atoms with Crippen molar-refractivity contribution in [1.29, 1.82) is 0 Å². The normalized spacial score (nSPS) is 11.2. The quantitative estimate of drug-likeness (QED) is 0.733. The molecule has 1 heterocycles. The van der Waals surface area contributed by atoms with Crippen molar-refractivity contribution in [3.63, 3.8) is 0 Å². The predicted molar refractivity (Wildman–Crippen MR) is 84.0 cm³/mol. The van der Waals surface area contributed by atoms with Crippen LogP contribution in [0.5, 0.6) is 0 Å². The molecule has 0 saturated heterocycles. The maximum atomic E-state index is 14.3. The summed E-state index contributed by atoms with van der Waals surface area (Å²) in [5.74, 6) is 0.200. The molecule has 4 heteroatoms. The van der Waals surface area contributed by atoms with Crippen molar-refractivity contribution >= 4 is 22.6 Å². The van der Waals surface area contributed by atoms with Gasteiger partial charge in [0.1, 0.15) is 11.6 Å². The van der Waals surface area contributed by atoms with Crippen LogP contribution in [0, 0.1) is 5.82 Å². The Hall–Kier alpha value is -1.84. The average Bonchev–Trinajstić information content (AvgIpc) is 2.90. The zero-order valence-electron chi connectivity index (χ0n) is 11.6. The lowest BCUT2D eigenvalue weighted by atomic mass is 10.1. The number of hydrogen-bond acceptors (Lipinski definition) is 2. The first-order valence-corrected chi connectivity index (χ1v) is 7.24. The molecule has 0 aliphatic rings. The maximum Gasteiger partial charge on any atom is 0.153 e. The van der Waals surface area contributed by atoms with E-state index in [2.05, 4.69) is 5.32 Å². The Morgan fingerprint density at radius 2 is 2.05 bits per heavy atom. The molecule has 0 radical (unpaired) electrons. The third kappa shape index (κ3) is 2.80. The van der Waals surface area contributed by atoms with Gasteiger partial charge in [-0.3, -0.25) is 0 Å². The SMILES string of the molecule is CCNCc1ccc(-c2cc3cccc(Cl)c3o2)c(F)c1. The van der Waals surface area contributed by atoms with Gasteiger partial charge in [0.05, 0.1) is 10.6 Å². The van der Waals surface area contributed by atoms with E-state index in [1.807, 2.05) is 31.2 Å². The van der Waals surface area contributed by atoms with E-state index in [4.69, 9.17) is 16.0 Å². The summed E-state index contributed by atoms with van der Waals surface area (Å²) in [4.78, 5) is 0. The lowest BCUT2D eigenvalue weighted by molar-refractivity contribution is 0.599. The van der Waals surface area contributed by atoms with E-state index >= 15 is 0 Å². The van der Waals surface area contributed by atoms with E-state index in [9.17, 15) is 4.39 Å². The summed E-state index contributed by atoms with van der Waals surface area (Å²) in [6.07, 6.45) is 0.